The van der Waals surface area contributed by atoms with Gasteiger partial charge in [0.25, 0.3) is 0 Å². The zero-order valence-electron chi connectivity index (χ0n) is 19.9. The minimum Gasteiger partial charge on any atom is -0.376 e. The van der Waals surface area contributed by atoms with Crippen LogP contribution in [0.15, 0.2) is 41.7 Å². The molecule has 4 rings (SSSR count). The molecule has 1 aromatic carbocycles. The van der Waals surface area contributed by atoms with E-state index >= 15 is 0 Å². The number of hydrogen-bond acceptors (Lipinski definition) is 4. The van der Waals surface area contributed by atoms with Crippen molar-refractivity contribution >= 4 is 29.9 Å². The number of likely N-dealkylation sites (tertiary alicyclic amines) is 1. The normalized spacial score (nSPS) is 19.8. The van der Waals surface area contributed by atoms with E-state index in [0.717, 1.165) is 69.9 Å². The van der Waals surface area contributed by atoms with Gasteiger partial charge in [-0.3, -0.25) is 4.99 Å². The van der Waals surface area contributed by atoms with E-state index in [4.69, 9.17) is 9.73 Å². The topological polar surface area (TPSA) is 67.6 Å². The molecular formula is C25H39IN6O. The van der Waals surface area contributed by atoms with Crippen LogP contribution >= 0.6 is 24.0 Å². The fraction of sp³-hybridized carbons (Fsp3) is 0.640. The third-order valence-corrected chi connectivity index (χ3v) is 6.65. The van der Waals surface area contributed by atoms with Crippen molar-refractivity contribution in [1.29, 1.82) is 0 Å². The summed E-state index contributed by atoms with van der Waals surface area (Å²) in [5.74, 6) is 2.81. The first-order valence-corrected chi connectivity index (χ1v) is 12.4. The summed E-state index contributed by atoms with van der Waals surface area (Å²) < 4.78 is 8.04. The summed E-state index contributed by atoms with van der Waals surface area (Å²) in [5.41, 5.74) is 1.45. The van der Waals surface area contributed by atoms with Gasteiger partial charge in [0.15, 0.2) is 5.96 Å². The van der Waals surface area contributed by atoms with E-state index in [2.05, 4.69) is 62.2 Å². The van der Waals surface area contributed by atoms with Crippen molar-refractivity contribution in [3.05, 3.63) is 48.0 Å². The molecular weight excluding hydrogens is 527 g/mol. The lowest BCUT2D eigenvalue weighted by atomic mass is 9.90. The Balaban J connectivity index is 0.00000306. The minimum absolute atomic E-state index is 0. The van der Waals surface area contributed by atoms with Crippen LogP contribution in [0.4, 0.5) is 0 Å². The van der Waals surface area contributed by atoms with Crippen molar-refractivity contribution in [2.45, 2.75) is 64.5 Å². The highest BCUT2D eigenvalue weighted by Gasteiger charge is 2.22. The largest absolute Gasteiger partial charge is 0.376 e. The molecule has 0 aliphatic carbocycles. The van der Waals surface area contributed by atoms with Crippen molar-refractivity contribution in [2.75, 3.05) is 32.8 Å². The Morgan fingerprint density at radius 1 is 1.15 bits per heavy atom. The minimum atomic E-state index is 0. The van der Waals surface area contributed by atoms with Crippen molar-refractivity contribution in [3.63, 3.8) is 0 Å². The Hall–Kier alpha value is -1.68. The van der Waals surface area contributed by atoms with Crippen molar-refractivity contribution in [1.82, 2.24) is 25.0 Å². The molecule has 0 bridgehead atoms. The van der Waals surface area contributed by atoms with Crippen LogP contribution in [0.25, 0.3) is 0 Å². The van der Waals surface area contributed by atoms with Crippen molar-refractivity contribution in [2.24, 2.45) is 10.9 Å². The van der Waals surface area contributed by atoms with Gasteiger partial charge in [0.1, 0.15) is 12.2 Å². The maximum atomic E-state index is 5.92. The van der Waals surface area contributed by atoms with Crippen molar-refractivity contribution < 1.29 is 4.74 Å². The van der Waals surface area contributed by atoms with E-state index in [1.165, 1.54) is 37.7 Å². The molecule has 0 amide bonds. The molecule has 2 aliphatic rings. The van der Waals surface area contributed by atoms with Gasteiger partial charge < -0.3 is 19.5 Å². The number of nitrogens with zero attached hydrogens (tertiary/aromatic N) is 5. The molecule has 2 aromatic rings. The molecule has 0 saturated carbocycles. The number of aromatic nitrogens is 3. The Morgan fingerprint density at radius 2 is 1.97 bits per heavy atom. The SMILES string of the molecule is CCc1nncn1CCNC(=NCC1CCCCO1)N1CCC(Cc2ccccc2)CC1.I. The first-order chi connectivity index (χ1) is 15.8. The van der Waals surface area contributed by atoms with Crippen LogP contribution in [0.3, 0.4) is 0 Å². The molecule has 2 fully saturated rings. The van der Waals surface area contributed by atoms with Crippen molar-refractivity contribution in [3.8, 4) is 0 Å². The summed E-state index contributed by atoms with van der Waals surface area (Å²) >= 11 is 0. The number of aliphatic imine (C=N–C) groups is 1. The Labute approximate surface area is 215 Å². The Bertz CT molecular complexity index is 828. The molecule has 2 aliphatic heterocycles. The van der Waals surface area contributed by atoms with Crippen LogP contribution in [-0.2, 0) is 24.1 Å². The van der Waals surface area contributed by atoms with E-state index in [9.17, 15) is 0 Å². The molecule has 8 heteroatoms. The van der Waals surface area contributed by atoms with Crippen LogP contribution < -0.4 is 5.32 Å². The number of nitrogens with one attached hydrogen (secondary N) is 1. The molecule has 0 spiro atoms. The summed E-state index contributed by atoms with van der Waals surface area (Å²) in [4.78, 5) is 7.45. The molecule has 1 N–H and O–H groups in total. The second kappa shape index (κ2) is 13.9. The molecule has 1 unspecified atom stereocenters. The van der Waals surface area contributed by atoms with Gasteiger partial charge in [-0.15, -0.1) is 34.2 Å². The number of aryl methyl sites for hydroxylation is 1. The number of halogens is 1. The second-order valence-electron chi connectivity index (χ2n) is 8.99. The quantitative estimate of drug-likeness (QED) is 0.298. The van der Waals surface area contributed by atoms with Gasteiger partial charge in [-0.1, -0.05) is 37.3 Å². The van der Waals surface area contributed by atoms with Gasteiger partial charge in [0, 0.05) is 39.2 Å². The number of ether oxygens (including phenoxy) is 1. The highest BCUT2D eigenvalue weighted by Crippen LogP contribution is 2.22. The number of hydrogen-bond donors (Lipinski definition) is 1. The third kappa shape index (κ3) is 7.95. The zero-order valence-corrected chi connectivity index (χ0v) is 22.2. The predicted octanol–water partition coefficient (Wildman–Crippen LogP) is 3.93. The van der Waals surface area contributed by atoms with Gasteiger partial charge in [-0.25, -0.2) is 0 Å². The second-order valence-corrected chi connectivity index (χ2v) is 8.99. The van der Waals surface area contributed by atoms with Gasteiger partial charge in [-0.05, 0) is 50.0 Å². The molecule has 2 saturated heterocycles. The predicted molar refractivity (Wildman–Crippen MR) is 143 cm³/mol. The molecule has 1 aromatic heterocycles. The molecule has 33 heavy (non-hydrogen) atoms. The van der Waals surface area contributed by atoms with E-state index in [-0.39, 0.29) is 30.1 Å². The summed E-state index contributed by atoms with van der Waals surface area (Å²) in [6, 6.07) is 10.9. The van der Waals surface area contributed by atoms with Gasteiger partial charge in [0.05, 0.1) is 12.6 Å². The number of piperidine rings is 1. The molecule has 7 nitrogen and oxygen atoms in total. The lowest BCUT2D eigenvalue weighted by molar-refractivity contribution is 0.0222. The highest BCUT2D eigenvalue weighted by molar-refractivity contribution is 14.0. The standard InChI is InChI=1S/C25H38N6O.HI/c1-2-24-29-28-20-31(24)16-13-26-25(27-19-23-10-6-7-17-32-23)30-14-11-22(12-15-30)18-21-8-4-3-5-9-21;/h3-5,8-9,20,22-23H,2,6-7,10-19H2,1H3,(H,26,27);1H. The number of rotatable bonds is 8. The number of guanidine groups is 1. The fourth-order valence-corrected chi connectivity index (χ4v) is 4.73. The number of benzene rings is 1. The van der Waals surface area contributed by atoms with E-state index in [0.29, 0.717) is 0 Å². The monoisotopic (exact) mass is 566 g/mol. The zero-order chi connectivity index (χ0) is 22.0. The summed E-state index contributed by atoms with van der Waals surface area (Å²) in [7, 11) is 0. The van der Waals surface area contributed by atoms with Gasteiger partial charge >= 0.3 is 0 Å². The molecule has 182 valence electrons. The maximum Gasteiger partial charge on any atom is 0.194 e. The Morgan fingerprint density at radius 3 is 2.70 bits per heavy atom. The molecule has 3 heterocycles. The molecule has 1 atom stereocenters. The van der Waals surface area contributed by atoms with Crippen LogP contribution in [0, 0.1) is 5.92 Å². The smallest absolute Gasteiger partial charge is 0.194 e. The fourth-order valence-electron chi connectivity index (χ4n) is 4.73. The van der Waals surface area contributed by atoms with Gasteiger partial charge in [-0.2, -0.15) is 0 Å². The maximum absolute atomic E-state index is 5.92. The van der Waals surface area contributed by atoms with Crippen LogP contribution in [0.2, 0.25) is 0 Å². The average molecular weight is 567 g/mol. The summed E-state index contributed by atoms with van der Waals surface area (Å²) in [6.07, 6.45) is 10.1. The van der Waals surface area contributed by atoms with Crippen LogP contribution in [0.1, 0.15) is 50.4 Å². The first kappa shape index (κ1) is 25.9. The van der Waals surface area contributed by atoms with Crippen LogP contribution in [0.5, 0.6) is 0 Å². The van der Waals surface area contributed by atoms with E-state index in [1.807, 2.05) is 6.33 Å². The summed E-state index contributed by atoms with van der Waals surface area (Å²) in [5, 5.41) is 11.9. The Kier molecular flexibility index (Phi) is 10.9. The van der Waals surface area contributed by atoms with E-state index < -0.39 is 0 Å². The van der Waals surface area contributed by atoms with Crippen LogP contribution in [-0.4, -0.2) is 64.5 Å². The third-order valence-electron chi connectivity index (χ3n) is 6.65. The highest BCUT2D eigenvalue weighted by atomic mass is 127. The van der Waals surface area contributed by atoms with Gasteiger partial charge in [0.2, 0.25) is 0 Å². The average Bonchev–Trinajstić information content (AvgIpc) is 3.31. The molecule has 0 radical (unpaired) electrons. The summed E-state index contributed by atoms with van der Waals surface area (Å²) in [6.45, 7) is 7.52. The lowest BCUT2D eigenvalue weighted by Gasteiger charge is -2.35. The van der Waals surface area contributed by atoms with E-state index in [1.54, 1.807) is 0 Å². The lowest BCUT2D eigenvalue weighted by Crippen LogP contribution is -2.47. The first-order valence-electron chi connectivity index (χ1n) is 12.4.